The highest BCUT2D eigenvalue weighted by Gasteiger charge is 2.58. The number of hydrogen-bond acceptors (Lipinski definition) is 24. The maximum absolute atomic E-state index is 14.7. The van der Waals surface area contributed by atoms with E-state index in [1.54, 1.807) is 7.05 Å². The first-order chi connectivity index (χ1) is 42.0. The maximum atomic E-state index is 14.7. The number of benzene rings is 4. The zero-order valence-electron chi connectivity index (χ0n) is 46.0. The Balaban J connectivity index is 0.000000706. The molecule has 9 rings (SSSR count). The molecule has 8 N–H and O–H groups in total. The topological polar surface area (TPSA) is 351 Å². The molecule has 0 unspecified atom stereocenters. The van der Waals surface area contributed by atoms with Gasteiger partial charge in [-0.05, 0) is 54.9 Å². The highest BCUT2D eigenvalue weighted by atomic mass is 31.2. The van der Waals surface area contributed by atoms with E-state index in [0.717, 1.165) is 14.2 Å². The number of nitrogens with one attached hydrogen (secondary N) is 1. The van der Waals surface area contributed by atoms with Gasteiger partial charge in [0.25, 0.3) is 0 Å². The number of methoxy groups -OCH3 is 2. The second-order valence-corrected chi connectivity index (χ2v) is 20.9. The molecule has 26 nitrogen and oxygen atoms in total. The van der Waals surface area contributed by atoms with Gasteiger partial charge < -0.3 is 97.0 Å². The minimum Gasteiger partial charge on any atom is -0.493 e. The van der Waals surface area contributed by atoms with Gasteiger partial charge in [-0.25, -0.2) is 40.5 Å². The molecule has 3 fully saturated rings. The Kier molecular flexibility index (Phi) is 21.3. The number of likely N-dealkylation sites (N-methyl/N-ethyl adjacent to an activating group) is 1. The van der Waals surface area contributed by atoms with Gasteiger partial charge in [-0.3, -0.25) is 14.6 Å². The molecular formula is C52H52F10NO25P. The van der Waals surface area contributed by atoms with E-state index < -0.39 is 219 Å². The first kappa shape index (κ1) is 67.9. The molecule has 0 aromatic heterocycles. The van der Waals surface area contributed by atoms with Crippen LogP contribution in [0, 0.1) is 70.0 Å². The summed E-state index contributed by atoms with van der Waals surface area (Å²) in [4.78, 5) is 60.7. The molecule has 37 heteroatoms. The number of cyclic esters (lactones) is 1. The third-order valence-electron chi connectivity index (χ3n) is 14.2. The number of carbonyl (C=O) groups excluding carboxylic acids is 3. The Bertz CT molecular complexity index is 3270. The third kappa shape index (κ3) is 14.1. The summed E-state index contributed by atoms with van der Waals surface area (Å²) in [5.74, 6) is -37.4. The lowest BCUT2D eigenvalue weighted by molar-refractivity contribution is -0.366. The molecule has 14 atom stereocenters. The monoisotopic (exact) mass is 1310 g/mol. The van der Waals surface area contributed by atoms with Gasteiger partial charge in [0.1, 0.15) is 30.5 Å². The van der Waals surface area contributed by atoms with Crippen LogP contribution in [0.15, 0.2) is 24.3 Å². The molecule has 490 valence electrons. The van der Waals surface area contributed by atoms with Gasteiger partial charge in [-0.15, -0.1) is 0 Å². The summed E-state index contributed by atoms with van der Waals surface area (Å²) in [6.45, 7) is -3.73. The Morgan fingerprint density at radius 2 is 1.17 bits per heavy atom. The zero-order valence-corrected chi connectivity index (χ0v) is 46.9. The van der Waals surface area contributed by atoms with Crippen LogP contribution in [-0.4, -0.2) is 182 Å². The van der Waals surface area contributed by atoms with Crippen molar-refractivity contribution in [2.24, 2.45) is 11.8 Å². The molecular weight excluding hydrogens is 1260 g/mol. The van der Waals surface area contributed by atoms with Crippen LogP contribution in [0.2, 0.25) is 0 Å². The average molecular weight is 1310 g/mol. The van der Waals surface area contributed by atoms with Gasteiger partial charge in [0.2, 0.25) is 70.7 Å². The minimum atomic E-state index is -5.24. The molecule has 1 aliphatic carbocycles. The average Bonchev–Trinajstić information content (AvgIpc) is 1.71. The molecule has 4 aliphatic heterocycles. The van der Waals surface area contributed by atoms with Gasteiger partial charge in [0, 0.05) is 18.4 Å². The molecule has 4 heterocycles. The number of rotatable bonds is 21. The van der Waals surface area contributed by atoms with Crippen molar-refractivity contribution in [2.45, 2.75) is 80.4 Å². The number of phosphoric ester groups is 1. The number of phosphoric acid groups is 1. The van der Waals surface area contributed by atoms with E-state index >= 15 is 0 Å². The number of halogens is 10. The van der Waals surface area contributed by atoms with E-state index in [2.05, 4.69) is 10.1 Å². The largest absolute Gasteiger partial charge is 0.525 e. The number of ether oxygens (including phenoxy) is 13. The van der Waals surface area contributed by atoms with Gasteiger partial charge in [0.15, 0.2) is 72.5 Å². The molecule has 0 saturated carbocycles. The van der Waals surface area contributed by atoms with Crippen molar-refractivity contribution in [1.29, 1.82) is 0 Å². The summed E-state index contributed by atoms with van der Waals surface area (Å²) in [7, 11) is -1.37. The predicted octanol–water partition coefficient (Wildman–Crippen LogP) is 2.40. The number of aliphatic hydroxyl groups is 5. The third-order valence-corrected chi connectivity index (χ3v) is 14.6. The second kappa shape index (κ2) is 28.0. The lowest BCUT2D eigenvalue weighted by Gasteiger charge is -2.49. The molecule has 0 amide bonds. The SMILES string of the molecule is CNC[C@H](O)[C@@H](O)[C@H](O)[C@H](O)CO.COc1cc([C@@H]2c3cc4c(cc3[C@@H](O[C@@H]3O[C@@H]5CO[C@@H](C)O[C@H]5[C@H](OC(=O)COc5c(F)c(F)c(F)c(F)c5F)[C@H]3OC(=O)COc3c(F)c(F)c(F)c(F)c3F)[C@H]3COC(=O)[C@H]23)OCO4)cc(OC)c1OP(=O)(O)O. The Labute approximate surface area is 493 Å². The summed E-state index contributed by atoms with van der Waals surface area (Å²) in [6.07, 6.45) is -17.8. The molecule has 89 heavy (non-hydrogen) atoms. The summed E-state index contributed by atoms with van der Waals surface area (Å²) in [5.41, 5.74) is 0.566. The lowest BCUT2D eigenvalue weighted by Crippen LogP contribution is -2.65. The maximum Gasteiger partial charge on any atom is 0.525 e. The smallest absolute Gasteiger partial charge is 0.493 e. The van der Waals surface area contributed by atoms with Crippen molar-refractivity contribution in [3.8, 4) is 40.2 Å². The second-order valence-electron chi connectivity index (χ2n) is 19.7. The summed E-state index contributed by atoms with van der Waals surface area (Å²) in [5, 5.41) is 47.5. The number of fused-ring (bicyclic) bond motifs is 4. The minimum absolute atomic E-state index is 0.0936. The van der Waals surface area contributed by atoms with Crippen LogP contribution in [0.25, 0.3) is 0 Å². The fourth-order valence-electron chi connectivity index (χ4n) is 10.1. The fourth-order valence-corrected chi connectivity index (χ4v) is 10.5. The van der Waals surface area contributed by atoms with E-state index in [1.807, 2.05) is 0 Å². The molecule has 4 aromatic rings. The normalized spacial score (nSPS) is 24.7. The molecule has 3 saturated heterocycles. The van der Waals surface area contributed by atoms with Crippen LogP contribution in [0.5, 0.6) is 40.2 Å². The standard InChI is InChI=1S/C45H35F10O20P.C7H17NO5/c1-13-64-9-22-39(70-13)42(72-23(56)10-65-40-33(52)29(48)27(46)30(49)34(40)53)43(73-24(57)11-66-41-35(54)31(50)28(47)32(51)36(41)55)45(71-22)74-37-16-7-19-18(68-12-69-19)6-15(16)25(26-17(37)8-67-44(26)58)14-4-20(62-2)38(21(5-14)63-3)75-76(59,60)61;1-8-2-4(10)6(12)7(13)5(11)3-9/h4-7,13,17,22,25-26,37,39,42-43,45H,8-12H2,1-3H3,(H2,59,60,61);4-13H,2-3H2,1H3/t13-,17+,22-,25-,26+,37-,39-,42+,43-,45+;4-,5+,6+,7+/m10/s1. The van der Waals surface area contributed by atoms with Gasteiger partial charge in [-0.1, -0.05) is 0 Å². The van der Waals surface area contributed by atoms with Gasteiger partial charge in [0.05, 0.1) is 52.2 Å². The molecule has 0 bridgehead atoms. The quantitative estimate of drug-likeness (QED) is 0.0148. The van der Waals surface area contributed by atoms with Crippen molar-refractivity contribution < 1.29 is 164 Å². The Hall–Kier alpha value is -7.06. The first-order valence-corrected chi connectivity index (χ1v) is 27.4. The molecule has 0 radical (unpaired) electrons. The van der Waals surface area contributed by atoms with E-state index in [4.69, 9.17) is 81.8 Å². The summed E-state index contributed by atoms with van der Waals surface area (Å²) < 4.78 is 232. The lowest BCUT2D eigenvalue weighted by atomic mass is 9.66. The van der Waals surface area contributed by atoms with Crippen molar-refractivity contribution >= 4 is 25.7 Å². The van der Waals surface area contributed by atoms with Crippen LogP contribution in [-0.2, 0) is 52.1 Å². The summed E-state index contributed by atoms with van der Waals surface area (Å²) >= 11 is 0. The molecule has 5 aliphatic rings. The van der Waals surface area contributed by atoms with Crippen LogP contribution < -0.4 is 38.3 Å². The number of hydrogen-bond donors (Lipinski definition) is 8. The van der Waals surface area contributed by atoms with E-state index in [1.165, 1.54) is 31.2 Å². The first-order valence-electron chi connectivity index (χ1n) is 25.9. The van der Waals surface area contributed by atoms with Crippen molar-refractivity contribution in [1.82, 2.24) is 5.32 Å². The van der Waals surface area contributed by atoms with Crippen LogP contribution in [0.3, 0.4) is 0 Å². The van der Waals surface area contributed by atoms with Crippen molar-refractivity contribution in [3.05, 3.63) is 99.1 Å². The summed E-state index contributed by atoms with van der Waals surface area (Å²) in [6, 6.07) is 5.48. The number of esters is 3. The van der Waals surface area contributed by atoms with E-state index in [0.29, 0.717) is 0 Å². The van der Waals surface area contributed by atoms with Crippen molar-refractivity contribution in [2.75, 3.05) is 67.6 Å². The fraction of sp³-hybridized carbons (Fsp3) is 0.481. The predicted molar refractivity (Wildman–Crippen MR) is 266 cm³/mol. The number of aliphatic hydroxyl groups excluding tert-OH is 5. The highest BCUT2D eigenvalue weighted by molar-refractivity contribution is 7.46. The number of carbonyl (C=O) groups is 3. The molecule has 0 spiro atoms. The van der Waals surface area contributed by atoms with E-state index in [9.17, 15) is 77.7 Å². The van der Waals surface area contributed by atoms with Crippen molar-refractivity contribution in [3.63, 3.8) is 0 Å². The Morgan fingerprint density at radius 1 is 0.674 bits per heavy atom. The molecule has 4 aromatic carbocycles. The van der Waals surface area contributed by atoms with Crippen LogP contribution in [0.1, 0.15) is 35.6 Å². The zero-order chi connectivity index (χ0) is 65.2. The van der Waals surface area contributed by atoms with Crippen LogP contribution >= 0.6 is 7.82 Å². The van der Waals surface area contributed by atoms with Gasteiger partial charge >= 0.3 is 25.7 Å². The van der Waals surface area contributed by atoms with Crippen LogP contribution in [0.4, 0.5) is 43.9 Å². The van der Waals surface area contributed by atoms with Gasteiger partial charge in [-0.2, -0.15) is 17.6 Å². The van der Waals surface area contributed by atoms with E-state index in [-0.39, 0.29) is 53.0 Å². The highest BCUT2D eigenvalue weighted by Crippen LogP contribution is 2.58. The Morgan fingerprint density at radius 3 is 1.66 bits per heavy atom.